The van der Waals surface area contributed by atoms with Gasteiger partial charge >= 0.3 is 0 Å². The van der Waals surface area contributed by atoms with E-state index in [0.717, 1.165) is 24.2 Å². The third-order valence-corrected chi connectivity index (χ3v) is 4.55. The Labute approximate surface area is 139 Å². The molecule has 1 amide bonds. The van der Waals surface area contributed by atoms with E-state index >= 15 is 0 Å². The van der Waals surface area contributed by atoms with E-state index in [2.05, 4.69) is 19.2 Å². The molecule has 0 heterocycles. The third-order valence-electron chi connectivity index (χ3n) is 4.55. The second-order valence-electron chi connectivity index (χ2n) is 7.37. The fourth-order valence-electron chi connectivity index (χ4n) is 2.82. The molecule has 128 valence electrons. The Kier molecular flexibility index (Phi) is 5.69. The van der Waals surface area contributed by atoms with Crippen molar-refractivity contribution in [3.63, 3.8) is 0 Å². The fraction of sp³-hybridized carbons (Fsp3) is 0.632. The van der Waals surface area contributed by atoms with Crippen LogP contribution >= 0.6 is 0 Å². The Morgan fingerprint density at radius 3 is 2.87 bits per heavy atom. The maximum atomic E-state index is 12.3. The van der Waals surface area contributed by atoms with Crippen molar-refractivity contribution in [3.05, 3.63) is 29.8 Å². The maximum Gasteiger partial charge on any atom is 0.223 e. The van der Waals surface area contributed by atoms with E-state index in [9.17, 15) is 9.90 Å². The van der Waals surface area contributed by atoms with Crippen LogP contribution in [0.5, 0.6) is 5.75 Å². The molecule has 0 saturated heterocycles. The molecule has 1 aliphatic rings. The lowest BCUT2D eigenvalue weighted by molar-refractivity contribution is -0.123. The van der Waals surface area contributed by atoms with Gasteiger partial charge in [-0.25, -0.2) is 0 Å². The van der Waals surface area contributed by atoms with Crippen molar-refractivity contribution in [2.24, 2.45) is 11.8 Å². The van der Waals surface area contributed by atoms with Gasteiger partial charge in [-0.3, -0.25) is 4.79 Å². The SMILES string of the molecule is COc1cccc(C2CC2C(=O)NCC(C)(O)CCC(C)C)c1. The molecule has 4 heteroatoms. The highest BCUT2D eigenvalue weighted by Gasteiger charge is 2.44. The molecule has 2 rings (SSSR count). The average Bonchev–Trinajstić information content (AvgIpc) is 3.32. The molecule has 1 fully saturated rings. The van der Waals surface area contributed by atoms with Crippen LogP contribution in [-0.2, 0) is 4.79 Å². The molecule has 23 heavy (non-hydrogen) atoms. The molecule has 0 radical (unpaired) electrons. The van der Waals surface area contributed by atoms with Crippen molar-refractivity contribution in [2.75, 3.05) is 13.7 Å². The lowest BCUT2D eigenvalue weighted by atomic mass is 9.95. The number of benzene rings is 1. The Balaban J connectivity index is 1.81. The average molecular weight is 319 g/mol. The first-order chi connectivity index (χ1) is 10.8. The number of rotatable bonds is 8. The normalized spacial score (nSPS) is 22.5. The van der Waals surface area contributed by atoms with Gasteiger partial charge in [0.05, 0.1) is 12.7 Å². The summed E-state index contributed by atoms with van der Waals surface area (Å²) >= 11 is 0. The Morgan fingerprint density at radius 1 is 1.48 bits per heavy atom. The Hall–Kier alpha value is -1.55. The minimum absolute atomic E-state index is 0.0167. The summed E-state index contributed by atoms with van der Waals surface area (Å²) in [5, 5.41) is 13.3. The molecule has 1 aliphatic carbocycles. The van der Waals surface area contributed by atoms with Crippen LogP contribution < -0.4 is 10.1 Å². The zero-order valence-electron chi connectivity index (χ0n) is 14.6. The standard InChI is InChI=1S/C19H29NO3/c1-13(2)8-9-19(3,22)12-20-18(21)17-11-16(17)14-6-5-7-15(10-14)23-4/h5-7,10,13,16-17,22H,8-9,11-12H2,1-4H3,(H,20,21). The van der Waals surface area contributed by atoms with Gasteiger partial charge in [-0.05, 0) is 55.7 Å². The van der Waals surface area contributed by atoms with Gasteiger partial charge < -0.3 is 15.2 Å². The van der Waals surface area contributed by atoms with Crippen LogP contribution in [0.1, 0.15) is 51.5 Å². The van der Waals surface area contributed by atoms with E-state index in [1.165, 1.54) is 0 Å². The van der Waals surface area contributed by atoms with Gasteiger partial charge in [-0.1, -0.05) is 26.0 Å². The first-order valence-electron chi connectivity index (χ1n) is 8.46. The third kappa shape index (κ3) is 5.24. The number of hydrogen-bond acceptors (Lipinski definition) is 3. The topological polar surface area (TPSA) is 58.6 Å². The number of methoxy groups -OCH3 is 1. The molecule has 1 saturated carbocycles. The number of carbonyl (C=O) groups excluding carboxylic acids is 1. The second-order valence-corrected chi connectivity index (χ2v) is 7.37. The molecule has 0 aliphatic heterocycles. The second kappa shape index (κ2) is 7.35. The molecule has 1 aromatic carbocycles. The van der Waals surface area contributed by atoms with Gasteiger partial charge in [0.25, 0.3) is 0 Å². The highest BCUT2D eigenvalue weighted by molar-refractivity contribution is 5.83. The van der Waals surface area contributed by atoms with Crippen molar-refractivity contribution < 1.29 is 14.6 Å². The van der Waals surface area contributed by atoms with Crippen molar-refractivity contribution in [1.29, 1.82) is 0 Å². The van der Waals surface area contributed by atoms with Crippen molar-refractivity contribution in [2.45, 2.75) is 51.6 Å². The van der Waals surface area contributed by atoms with Crippen LogP contribution in [0.2, 0.25) is 0 Å². The summed E-state index contributed by atoms with van der Waals surface area (Å²) in [6.45, 7) is 6.39. The predicted molar refractivity (Wildman–Crippen MR) is 91.5 cm³/mol. The van der Waals surface area contributed by atoms with Gasteiger partial charge in [0.2, 0.25) is 5.91 Å². The van der Waals surface area contributed by atoms with E-state index < -0.39 is 5.60 Å². The Bertz CT molecular complexity index is 539. The quantitative estimate of drug-likeness (QED) is 0.774. The molecular formula is C19H29NO3. The van der Waals surface area contributed by atoms with Gasteiger partial charge in [-0.2, -0.15) is 0 Å². The molecule has 0 aromatic heterocycles. The lowest BCUT2D eigenvalue weighted by Crippen LogP contribution is -2.41. The van der Waals surface area contributed by atoms with Crippen LogP contribution in [0.3, 0.4) is 0 Å². The molecule has 0 bridgehead atoms. The van der Waals surface area contributed by atoms with Crippen LogP contribution in [0, 0.1) is 11.8 Å². The number of aliphatic hydroxyl groups is 1. The molecule has 1 aromatic rings. The van der Waals surface area contributed by atoms with E-state index in [1.54, 1.807) is 14.0 Å². The highest BCUT2D eigenvalue weighted by atomic mass is 16.5. The summed E-state index contributed by atoms with van der Waals surface area (Å²) in [4.78, 5) is 12.3. The van der Waals surface area contributed by atoms with Crippen molar-refractivity contribution in [1.82, 2.24) is 5.32 Å². The zero-order valence-corrected chi connectivity index (χ0v) is 14.6. The highest BCUT2D eigenvalue weighted by Crippen LogP contribution is 2.48. The van der Waals surface area contributed by atoms with Crippen LogP contribution in [0.25, 0.3) is 0 Å². The van der Waals surface area contributed by atoms with Crippen LogP contribution in [0.4, 0.5) is 0 Å². The Morgan fingerprint density at radius 2 is 2.22 bits per heavy atom. The lowest BCUT2D eigenvalue weighted by Gasteiger charge is -2.24. The van der Waals surface area contributed by atoms with Gasteiger partial charge in [-0.15, -0.1) is 0 Å². The first kappa shape index (κ1) is 17.8. The fourth-order valence-corrected chi connectivity index (χ4v) is 2.82. The zero-order chi connectivity index (χ0) is 17.0. The smallest absolute Gasteiger partial charge is 0.223 e. The molecule has 4 nitrogen and oxygen atoms in total. The first-order valence-corrected chi connectivity index (χ1v) is 8.46. The van der Waals surface area contributed by atoms with E-state index in [1.807, 2.05) is 24.3 Å². The number of nitrogens with one attached hydrogen (secondary N) is 1. The minimum Gasteiger partial charge on any atom is -0.497 e. The number of hydrogen-bond donors (Lipinski definition) is 2. The van der Waals surface area contributed by atoms with Crippen LogP contribution in [0.15, 0.2) is 24.3 Å². The van der Waals surface area contributed by atoms with E-state index in [-0.39, 0.29) is 17.7 Å². The van der Waals surface area contributed by atoms with Crippen LogP contribution in [-0.4, -0.2) is 30.3 Å². The molecule has 0 spiro atoms. The summed E-state index contributed by atoms with van der Waals surface area (Å²) < 4.78 is 5.23. The van der Waals surface area contributed by atoms with E-state index in [4.69, 9.17) is 4.74 Å². The molecule has 3 unspecified atom stereocenters. The van der Waals surface area contributed by atoms with Gasteiger partial charge in [0.15, 0.2) is 0 Å². The maximum absolute atomic E-state index is 12.3. The largest absolute Gasteiger partial charge is 0.497 e. The van der Waals surface area contributed by atoms with Gasteiger partial charge in [0.1, 0.15) is 5.75 Å². The van der Waals surface area contributed by atoms with Crippen molar-refractivity contribution in [3.8, 4) is 5.75 Å². The van der Waals surface area contributed by atoms with Gasteiger partial charge in [0, 0.05) is 12.5 Å². The summed E-state index contributed by atoms with van der Waals surface area (Å²) in [6, 6.07) is 7.90. The monoisotopic (exact) mass is 319 g/mol. The number of ether oxygens (including phenoxy) is 1. The summed E-state index contributed by atoms with van der Waals surface area (Å²) in [7, 11) is 1.65. The molecular weight excluding hydrogens is 290 g/mol. The number of carbonyl (C=O) groups is 1. The summed E-state index contributed by atoms with van der Waals surface area (Å²) in [6.07, 6.45) is 2.53. The van der Waals surface area contributed by atoms with Crippen molar-refractivity contribution >= 4 is 5.91 Å². The van der Waals surface area contributed by atoms with E-state index in [0.29, 0.717) is 18.9 Å². The minimum atomic E-state index is -0.833. The summed E-state index contributed by atoms with van der Waals surface area (Å²) in [5.41, 5.74) is 0.316. The number of amides is 1. The molecule has 3 atom stereocenters. The molecule has 2 N–H and O–H groups in total. The summed E-state index contributed by atoms with van der Waals surface area (Å²) in [5.74, 6) is 1.71. The predicted octanol–water partition coefficient (Wildman–Crippen LogP) is 3.10.